The normalized spacial score (nSPS) is 22.8. The van der Waals surface area contributed by atoms with Gasteiger partial charge in [0.25, 0.3) is 0 Å². The molecule has 1 heterocycles. The molecule has 3 rings (SSSR count). The third-order valence-electron chi connectivity index (χ3n) is 4.91. The third-order valence-corrected chi connectivity index (χ3v) is 4.91. The molecule has 2 aliphatic rings. The summed E-state index contributed by atoms with van der Waals surface area (Å²) in [6, 6.07) is 8.05. The molecule has 3 heteroatoms. The number of piperazine rings is 1. The van der Waals surface area contributed by atoms with Crippen molar-refractivity contribution in [2.24, 2.45) is 5.92 Å². The fourth-order valence-corrected chi connectivity index (χ4v) is 3.48. The molecule has 22 heavy (non-hydrogen) atoms. The van der Waals surface area contributed by atoms with E-state index in [1.807, 2.05) is 12.1 Å². The van der Waals surface area contributed by atoms with E-state index in [-0.39, 0.29) is 5.78 Å². The molecular formula is C19H26N2O. The number of hydrogen-bond donors (Lipinski definition) is 0. The summed E-state index contributed by atoms with van der Waals surface area (Å²) in [6.45, 7) is 7.34. The smallest absolute Gasteiger partial charge is 0.159 e. The molecule has 1 unspecified atom stereocenters. The zero-order chi connectivity index (χ0) is 15.4. The lowest BCUT2D eigenvalue weighted by Crippen LogP contribution is -2.47. The summed E-state index contributed by atoms with van der Waals surface area (Å²) in [5, 5.41) is 0. The fourth-order valence-electron chi connectivity index (χ4n) is 3.48. The van der Waals surface area contributed by atoms with E-state index in [0.29, 0.717) is 0 Å². The van der Waals surface area contributed by atoms with Crippen molar-refractivity contribution in [3.05, 3.63) is 42.0 Å². The second-order valence-electron chi connectivity index (χ2n) is 6.54. The van der Waals surface area contributed by atoms with Crippen LogP contribution in [0.4, 0.5) is 5.69 Å². The Balaban J connectivity index is 1.50. The maximum atomic E-state index is 11.3. The Hall–Kier alpha value is -1.61. The van der Waals surface area contributed by atoms with E-state index in [0.717, 1.165) is 37.7 Å². The zero-order valence-electron chi connectivity index (χ0n) is 13.5. The summed E-state index contributed by atoms with van der Waals surface area (Å²) in [6.07, 6.45) is 8.53. The molecule has 1 saturated heterocycles. The first-order valence-electron chi connectivity index (χ1n) is 8.45. The highest BCUT2D eigenvalue weighted by atomic mass is 16.1. The van der Waals surface area contributed by atoms with Gasteiger partial charge < -0.3 is 4.90 Å². The van der Waals surface area contributed by atoms with E-state index in [9.17, 15) is 4.79 Å². The molecule has 1 fully saturated rings. The molecule has 1 aliphatic carbocycles. The van der Waals surface area contributed by atoms with Crippen molar-refractivity contribution < 1.29 is 4.79 Å². The predicted molar refractivity (Wildman–Crippen MR) is 91.6 cm³/mol. The minimum atomic E-state index is 0.137. The fraction of sp³-hybridized carbons (Fsp3) is 0.526. The number of hydrogen-bond acceptors (Lipinski definition) is 3. The lowest BCUT2D eigenvalue weighted by atomic mass is 9.94. The average molecular weight is 298 g/mol. The lowest BCUT2D eigenvalue weighted by molar-refractivity contribution is 0.101. The molecule has 1 atom stereocenters. The van der Waals surface area contributed by atoms with Gasteiger partial charge in [0.2, 0.25) is 0 Å². The van der Waals surface area contributed by atoms with E-state index in [1.54, 1.807) is 6.92 Å². The van der Waals surface area contributed by atoms with Crippen LogP contribution in [0.15, 0.2) is 36.4 Å². The molecule has 0 amide bonds. The molecule has 1 aromatic rings. The Kier molecular flexibility index (Phi) is 4.94. The number of Topliss-reactive ketones (excluding diaryl/α,β-unsaturated/α-hetero) is 1. The van der Waals surface area contributed by atoms with Crippen LogP contribution in [-0.4, -0.2) is 43.4 Å². The summed E-state index contributed by atoms with van der Waals surface area (Å²) in [5.41, 5.74) is 2.04. The van der Waals surface area contributed by atoms with Crippen LogP contribution >= 0.6 is 0 Å². The number of ketones is 1. The van der Waals surface area contributed by atoms with Gasteiger partial charge >= 0.3 is 0 Å². The molecule has 0 aromatic heterocycles. The molecule has 0 bridgehead atoms. The van der Waals surface area contributed by atoms with Gasteiger partial charge in [-0.2, -0.15) is 0 Å². The van der Waals surface area contributed by atoms with Crippen LogP contribution < -0.4 is 4.90 Å². The van der Waals surface area contributed by atoms with Crippen LogP contribution in [0.2, 0.25) is 0 Å². The van der Waals surface area contributed by atoms with E-state index < -0.39 is 0 Å². The molecule has 0 spiro atoms. The summed E-state index contributed by atoms with van der Waals surface area (Å²) in [5.74, 6) is 0.990. The standard InChI is InChI=1S/C19H26N2O/c1-16(22)18-7-9-19(10-8-18)21-13-11-20(12-14-21)15-17-5-3-2-4-6-17/h2-3,7-10,17H,4-6,11-15H2,1H3. The molecule has 0 radical (unpaired) electrons. The van der Waals surface area contributed by atoms with Crippen LogP contribution in [0, 0.1) is 5.92 Å². The van der Waals surface area contributed by atoms with Gasteiger partial charge in [0.15, 0.2) is 5.78 Å². The van der Waals surface area contributed by atoms with Crippen LogP contribution in [0.1, 0.15) is 36.5 Å². The van der Waals surface area contributed by atoms with Gasteiger partial charge in [-0.05, 0) is 56.4 Å². The molecule has 3 nitrogen and oxygen atoms in total. The summed E-state index contributed by atoms with van der Waals surface area (Å²) >= 11 is 0. The highest BCUT2D eigenvalue weighted by Crippen LogP contribution is 2.22. The zero-order valence-corrected chi connectivity index (χ0v) is 13.5. The van der Waals surface area contributed by atoms with Crippen LogP contribution in [-0.2, 0) is 0 Å². The van der Waals surface area contributed by atoms with Crippen molar-refractivity contribution in [3.63, 3.8) is 0 Å². The maximum Gasteiger partial charge on any atom is 0.159 e. The largest absolute Gasteiger partial charge is 0.369 e. The number of rotatable bonds is 4. The van der Waals surface area contributed by atoms with Crippen molar-refractivity contribution in [3.8, 4) is 0 Å². The van der Waals surface area contributed by atoms with Gasteiger partial charge in [0, 0.05) is 44.0 Å². The second kappa shape index (κ2) is 7.10. The molecule has 1 aromatic carbocycles. The van der Waals surface area contributed by atoms with Gasteiger partial charge in [-0.1, -0.05) is 12.2 Å². The Morgan fingerprint density at radius 2 is 1.82 bits per heavy atom. The number of nitrogens with zero attached hydrogens (tertiary/aromatic N) is 2. The number of carbonyl (C=O) groups excluding carboxylic acids is 1. The molecule has 0 saturated carbocycles. The van der Waals surface area contributed by atoms with Crippen LogP contribution in [0.25, 0.3) is 0 Å². The summed E-state index contributed by atoms with van der Waals surface area (Å²) in [7, 11) is 0. The Bertz CT molecular complexity index is 527. The van der Waals surface area contributed by atoms with E-state index in [4.69, 9.17) is 0 Å². The van der Waals surface area contributed by atoms with Gasteiger partial charge in [-0.15, -0.1) is 0 Å². The summed E-state index contributed by atoms with van der Waals surface area (Å²) in [4.78, 5) is 16.4. The first-order valence-corrected chi connectivity index (χ1v) is 8.45. The minimum Gasteiger partial charge on any atom is -0.369 e. The molecular weight excluding hydrogens is 272 g/mol. The van der Waals surface area contributed by atoms with E-state index in [2.05, 4.69) is 34.1 Å². The number of carbonyl (C=O) groups is 1. The lowest BCUT2D eigenvalue weighted by Gasteiger charge is -2.38. The average Bonchev–Trinajstić information content (AvgIpc) is 2.57. The highest BCUT2D eigenvalue weighted by Gasteiger charge is 2.20. The number of benzene rings is 1. The maximum absolute atomic E-state index is 11.3. The topological polar surface area (TPSA) is 23.6 Å². The van der Waals surface area contributed by atoms with Crippen molar-refractivity contribution in [1.29, 1.82) is 0 Å². The van der Waals surface area contributed by atoms with Crippen LogP contribution in [0.5, 0.6) is 0 Å². The Morgan fingerprint density at radius 1 is 1.09 bits per heavy atom. The van der Waals surface area contributed by atoms with Gasteiger partial charge in [0.05, 0.1) is 0 Å². The predicted octanol–water partition coefficient (Wildman–Crippen LogP) is 3.37. The van der Waals surface area contributed by atoms with Crippen molar-refractivity contribution >= 4 is 11.5 Å². The van der Waals surface area contributed by atoms with Crippen molar-refractivity contribution in [2.75, 3.05) is 37.6 Å². The first-order chi connectivity index (χ1) is 10.7. The quantitative estimate of drug-likeness (QED) is 0.629. The molecule has 1 aliphatic heterocycles. The SMILES string of the molecule is CC(=O)c1ccc(N2CCN(CC3CC=CCC3)CC2)cc1. The third kappa shape index (κ3) is 3.77. The molecule has 0 N–H and O–H groups in total. The monoisotopic (exact) mass is 298 g/mol. The Morgan fingerprint density at radius 3 is 2.41 bits per heavy atom. The van der Waals surface area contributed by atoms with Gasteiger partial charge in [-0.3, -0.25) is 9.69 Å². The van der Waals surface area contributed by atoms with Gasteiger partial charge in [0.1, 0.15) is 0 Å². The number of allylic oxidation sites excluding steroid dienone is 2. The van der Waals surface area contributed by atoms with Crippen LogP contribution in [0.3, 0.4) is 0 Å². The minimum absolute atomic E-state index is 0.137. The highest BCUT2D eigenvalue weighted by molar-refractivity contribution is 5.94. The number of anilines is 1. The summed E-state index contributed by atoms with van der Waals surface area (Å²) < 4.78 is 0. The Labute approximate surface area is 133 Å². The second-order valence-corrected chi connectivity index (χ2v) is 6.54. The van der Waals surface area contributed by atoms with Crippen molar-refractivity contribution in [2.45, 2.75) is 26.2 Å². The molecule has 118 valence electrons. The van der Waals surface area contributed by atoms with Gasteiger partial charge in [-0.25, -0.2) is 0 Å². The van der Waals surface area contributed by atoms with Crippen molar-refractivity contribution in [1.82, 2.24) is 4.90 Å². The van der Waals surface area contributed by atoms with E-state index in [1.165, 1.54) is 31.5 Å². The van der Waals surface area contributed by atoms with E-state index >= 15 is 0 Å². The first kappa shape index (κ1) is 15.3.